The van der Waals surface area contributed by atoms with Crippen LogP contribution in [0, 0.1) is 5.92 Å². The molecule has 3 aromatic rings. The van der Waals surface area contributed by atoms with Gasteiger partial charge in [-0.3, -0.25) is 9.89 Å². The molecule has 0 radical (unpaired) electrons. The summed E-state index contributed by atoms with van der Waals surface area (Å²) in [6.45, 7) is 4.26. The lowest BCUT2D eigenvalue weighted by Gasteiger charge is -2.12. The summed E-state index contributed by atoms with van der Waals surface area (Å²) in [5.74, 6) is 1.59. The number of benzene rings is 2. The summed E-state index contributed by atoms with van der Waals surface area (Å²) in [7, 11) is 3.20. The maximum absolute atomic E-state index is 12.7. The number of nitrogens with zero attached hydrogens (tertiary/aromatic N) is 1. The summed E-state index contributed by atoms with van der Waals surface area (Å²) in [6.07, 6.45) is 1.08. The van der Waals surface area contributed by atoms with E-state index in [4.69, 9.17) is 9.47 Å². The molecule has 0 saturated carbocycles. The van der Waals surface area contributed by atoms with E-state index in [9.17, 15) is 4.79 Å². The van der Waals surface area contributed by atoms with Crippen LogP contribution in [0.1, 0.15) is 25.1 Å². The summed E-state index contributed by atoms with van der Waals surface area (Å²) >= 11 is 0. The van der Waals surface area contributed by atoms with Crippen molar-refractivity contribution in [2.75, 3.05) is 19.5 Å². The molecule has 0 atom stereocenters. The Morgan fingerprint density at radius 2 is 1.79 bits per heavy atom. The first-order chi connectivity index (χ1) is 14.0. The van der Waals surface area contributed by atoms with Crippen LogP contribution in [0.2, 0.25) is 0 Å². The van der Waals surface area contributed by atoms with Crippen molar-refractivity contribution in [3.8, 4) is 22.8 Å². The molecule has 2 aromatic carbocycles. The lowest BCUT2D eigenvalue weighted by molar-refractivity contribution is -0.115. The molecule has 0 bridgehead atoms. The zero-order chi connectivity index (χ0) is 20.8. The summed E-state index contributed by atoms with van der Waals surface area (Å²) in [4.78, 5) is 12.7. The van der Waals surface area contributed by atoms with E-state index in [-0.39, 0.29) is 5.91 Å². The predicted molar refractivity (Wildman–Crippen MR) is 114 cm³/mol. The third-order valence-corrected chi connectivity index (χ3v) is 4.58. The second kappa shape index (κ2) is 9.28. The zero-order valence-electron chi connectivity index (χ0n) is 17.3. The molecule has 1 aromatic heterocycles. The minimum Gasteiger partial charge on any atom is -0.493 e. The SMILES string of the molecule is COc1ccc(-c2n[nH]c(CC(C)C)c2NC(=O)Cc2ccccc2)cc1OC. The number of carbonyl (C=O) groups excluding carboxylic acids is 1. The molecule has 1 heterocycles. The summed E-state index contributed by atoms with van der Waals surface area (Å²) in [5, 5.41) is 10.7. The van der Waals surface area contributed by atoms with Gasteiger partial charge in [-0.15, -0.1) is 0 Å². The van der Waals surface area contributed by atoms with Gasteiger partial charge in [0.25, 0.3) is 0 Å². The number of carbonyl (C=O) groups is 1. The predicted octanol–water partition coefficient (Wildman–Crippen LogP) is 4.47. The standard InChI is InChI=1S/C23H27N3O3/c1-15(2)12-18-23(24-21(27)13-16-8-6-5-7-9-16)22(26-25-18)17-10-11-19(28-3)20(14-17)29-4/h5-11,14-15H,12-13H2,1-4H3,(H,24,27)(H,25,26). The second-order valence-electron chi connectivity index (χ2n) is 7.30. The first-order valence-electron chi connectivity index (χ1n) is 9.65. The van der Waals surface area contributed by atoms with E-state index < -0.39 is 0 Å². The Labute approximate surface area is 171 Å². The lowest BCUT2D eigenvalue weighted by atomic mass is 10.0. The number of amides is 1. The maximum atomic E-state index is 12.7. The molecular weight excluding hydrogens is 366 g/mol. The Hall–Kier alpha value is -3.28. The number of aromatic amines is 1. The Morgan fingerprint density at radius 1 is 1.07 bits per heavy atom. The summed E-state index contributed by atoms with van der Waals surface area (Å²) < 4.78 is 10.7. The zero-order valence-corrected chi connectivity index (χ0v) is 17.3. The fourth-order valence-corrected chi connectivity index (χ4v) is 3.23. The highest BCUT2D eigenvalue weighted by molar-refractivity contribution is 5.96. The fourth-order valence-electron chi connectivity index (χ4n) is 3.23. The molecule has 0 fully saturated rings. The number of rotatable bonds is 8. The minimum absolute atomic E-state index is 0.0793. The van der Waals surface area contributed by atoms with Crippen LogP contribution < -0.4 is 14.8 Å². The largest absolute Gasteiger partial charge is 0.493 e. The van der Waals surface area contributed by atoms with Crippen LogP contribution in [0.3, 0.4) is 0 Å². The topological polar surface area (TPSA) is 76.2 Å². The fraction of sp³-hybridized carbons (Fsp3) is 0.304. The van der Waals surface area contributed by atoms with E-state index >= 15 is 0 Å². The number of ether oxygens (including phenoxy) is 2. The highest BCUT2D eigenvalue weighted by Gasteiger charge is 2.19. The number of nitrogens with one attached hydrogen (secondary N) is 2. The molecule has 0 spiro atoms. The van der Waals surface area contributed by atoms with Gasteiger partial charge in [0.15, 0.2) is 11.5 Å². The molecule has 152 valence electrons. The van der Waals surface area contributed by atoms with Crippen LogP contribution in [0.15, 0.2) is 48.5 Å². The normalized spacial score (nSPS) is 10.8. The van der Waals surface area contributed by atoms with E-state index in [0.717, 1.165) is 23.2 Å². The van der Waals surface area contributed by atoms with Crippen LogP contribution >= 0.6 is 0 Å². The molecular formula is C23H27N3O3. The summed E-state index contributed by atoms with van der Waals surface area (Å²) in [5.41, 5.74) is 4.11. The Bertz CT molecular complexity index is 965. The lowest BCUT2D eigenvalue weighted by Crippen LogP contribution is -2.16. The molecule has 0 aliphatic heterocycles. The van der Waals surface area contributed by atoms with Gasteiger partial charge < -0.3 is 14.8 Å². The molecule has 6 heteroatoms. The van der Waals surface area contributed by atoms with E-state index in [0.29, 0.717) is 35.2 Å². The van der Waals surface area contributed by atoms with Gasteiger partial charge in [0, 0.05) is 5.56 Å². The van der Waals surface area contributed by atoms with Gasteiger partial charge in [0.1, 0.15) is 5.69 Å². The van der Waals surface area contributed by atoms with Crippen molar-refractivity contribution in [1.29, 1.82) is 0 Å². The molecule has 1 amide bonds. The van der Waals surface area contributed by atoms with Crippen LogP contribution in [-0.4, -0.2) is 30.3 Å². The van der Waals surface area contributed by atoms with Gasteiger partial charge in [-0.1, -0.05) is 44.2 Å². The molecule has 0 aliphatic rings. The molecule has 0 saturated heterocycles. The van der Waals surface area contributed by atoms with Crippen molar-refractivity contribution in [2.45, 2.75) is 26.7 Å². The molecule has 0 unspecified atom stereocenters. The first-order valence-corrected chi connectivity index (χ1v) is 9.65. The van der Waals surface area contributed by atoms with E-state index in [1.807, 2.05) is 48.5 Å². The third kappa shape index (κ3) is 4.96. The molecule has 0 aliphatic carbocycles. The Balaban J connectivity index is 1.94. The number of anilines is 1. The maximum Gasteiger partial charge on any atom is 0.228 e. The van der Waals surface area contributed by atoms with E-state index in [1.165, 1.54) is 0 Å². The van der Waals surface area contributed by atoms with Crippen molar-refractivity contribution in [3.63, 3.8) is 0 Å². The second-order valence-corrected chi connectivity index (χ2v) is 7.30. The van der Waals surface area contributed by atoms with Crippen LogP contribution in [0.4, 0.5) is 5.69 Å². The van der Waals surface area contributed by atoms with Gasteiger partial charge in [-0.2, -0.15) is 5.10 Å². The van der Waals surface area contributed by atoms with Crippen LogP contribution in [0.5, 0.6) is 11.5 Å². The van der Waals surface area contributed by atoms with Crippen LogP contribution in [-0.2, 0) is 17.6 Å². The average molecular weight is 393 g/mol. The van der Waals surface area contributed by atoms with Gasteiger partial charge >= 0.3 is 0 Å². The Morgan fingerprint density at radius 3 is 2.45 bits per heavy atom. The Kier molecular flexibility index (Phi) is 6.54. The van der Waals surface area contributed by atoms with Crippen molar-refractivity contribution in [3.05, 3.63) is 59.8 Å². The number of hydrogen-bond acceptors (Lipinski definition) is 4. The monoisotopic (exact) mass is 393 g/mol. The first kappa shape index (κ1) is 20.5. The number of methoxy groups -OCH3 is 2. The number of hydrogen-bond donors (Lipinski definition) is 2. The van der Waals surface area contributed by atoms with Crippen molar-refractivity contribution < 1.29 is 14.3 Å². The smallest absolute Gasteiger partial charge is 0.228 e. The highest BCUT2D eigenvalue weighted by atomic mass is 16.5. The summed E-state index contributed by atoms with van der Waals surface area (Å²) in [6, 6.07) is 15.3. The third-order valence-electron chi connectivity index (χ3n) is 4.58. The van der Waals surface area contributed by atoms with Crippen LogP contribution in [0.25, 0.3) is 11.3 Å². The van der Waals surface area contributed by atoms with Gasteiger partial charge in [0.05, 0.1) is 32.0 Å². The minimum atomic E-state index is -0.0793. The van der Waals surface area contributed by atoms with Gasteiger partial charge in [-0.25, -0.2) is 0 Å². The molecule has 2 N–H and O–H groups in total. The van der Waals surface area contributed by atoms with Crippen molar-refractivity contribution in [2.24, 2.45) is 5.92 Å². The van der Waals surface area contributed by atoms with E-state index in [1.54, 1.807) is 14.2 Å². The van der Waals surface area contributed by atoms with Gasteiger partial charge in [0.2, 0.25) is 5.91 Å². The highest BCUT2D eigenvalue weighted by Crippen LogP contribution is 2.36. The quantitative estimate of drug-likeness (QED) is 0.592. The number of aromatic nitrogens is 2. The number of H-pyrrole nitrogens is 1. The average Bonchev–Trinajstić information content (AvgIpc) is 3.09. The van der Waals surface area contributed by atoms with Crippen molar-refractivity contribution in [1.82, 2.24) is 10.2 Å². The van der Waals surface area contributed by atoms with Crippen molar-refractivity contribution >= 4 is 11.6 Å². The molecule has 3 rings (SSSR count). The van der Waals surface area contributed by atoms with Gasteiger partial charge in [-0.05, 0) is 36.1 Å². The molecule has 6 nitrogen and oxygen atoms in total. The van der Waals surface area contributed by atoms with E-state index in [2.05, 4.69) is 29.4 Å². The molecule has 29 heavy (non-hydrogen) atoms.